The highest BCUT2D eigenvalue weighted by atomic mass is 79.9. The summed E-state index contributed by atoms with van der Waals surface area (Å²) in [6, 6.07) is 16.0. The number of para-hydroxylation sites is 2. The van der Waals surface area contributed by atoms with Gasteiger partial charge in [0.1, 0.15) is 11.5 Å². The SMILES string of the molecule is OC1=C(C=C2C=Cc3ccccc3N2Br)C(O)=C1C=C1C=Cc2ccccc2N1Br. The van der Waals surface area contributed by atoms with E-state index < -0.39 is 0 Å². The van der Waals surface area contributed by atoms with Crippen LogP contribution in [0.1, 0.15) is 11.1 Å². The summed E-state index contributed by atoms with van der Waals surface area (Å²) in [4.78, 5) is 0. The fourth-order valence-corrected chi connectivity index (χ4v) is 4.69. The van der Waals surface area contributed by atoms with Crippen LogP contribution in [0.3, 0.4) is 0 Å². The molecule has 0 amide bonds. The summed E-state index contributed by atoms with van der Waals surface area (Å²) in [5.74, 6) is 0.127. The van der Waals surface area contributed by atoms with Crippen LogP contribution in [0.4, 0.5) is 11.4 Å². The van der Waals surface area contributed by atoms with Gasteiger partial charge in [-0.25, -0.2) is 0 Å². The van der Waals surface area contributed by atoms with Gasteiger partial charge < -0.3 is 10.2 Å². The van der Waals surface area contributed by atoms with Crippen LogP contribution >= 0.6 is 32.3 Å². The highest BCUT2D eigenvalue weighted by Crippen LogP contribution is 2.40. The summed E-state index contributed by atoms with van der Waals surface area (Å²) in [5, 5.41) is 21.2. The van der Waals surface area contributed by atoms with Gasteiger partial charge in [0.2, 0.25) is 0 Å². The standard InChI is InChI=1S/C24H16Br2N2O2/c25-27-17(11-9-15-5-1-3-7-21(15)27)13-19-23(29)20(24(19)30)14-18-12-10-16-6-2-4-8-22(16)28(18)26/h1-14,29-30H. The number of allylic oxidation sites excluding steroid dienone is 4. The maximum absolute atomic E-state index is 10.6. The molecule has 5 rings (SSSR count). The molecule has 6 heteroatoms. The van der Waals surface area contributed by atoms with E-state index in [9.17, 15) is 10.2 Å². The van der Waals surface area contributed by atoms with Crippen molar-refractivity contribution in [1.82, 2.24) is 0 Å². The molecule has 0 atom stereocenters. The largest absolute Gasteiger partial charge is 0.506 e. The number of rotatable bonds is 2. The first kappa shape index (κ1) is 19.0. The molecule has 4 nitrogen and oxygen atoms in total. The maximum Gasteiger partial charge on any atom is 0.137 e. The minimum Gasteiger partial charge on any atom is -0.506 e. The fourth-order valence-electron chi connectivity index (χ4n) is 3.60. The number of halogens is 2. The predicted octanol–water partition coefficient (Wildman–Crippen LogP) is 7.08. The smallest absolute Gasteiger partial charge is 0.137 e. The Morgan fingerprint density at radius 1 is 0.600 bits per heavy atom. The van der Waals surface area contributed by atoms with Crippen molar-refractivity contribution >= 4 is 55.8 Å². The minimum atomic E-state index is 0.0637. The first-order valence-electron chi connectivity index (χ1n) is 9.31. The Morgan fingerprint density at radius 3 is 1.43 bits per heavy atom. The van der Waals surface area contributed by atoms with Gasteiger partial charge in [-0.2, -0.15) is 0 Å². The summed E-state index contributed by atoms with van der Waals surface area (Å²) in [6.07, 6.45) is 11.4. The van der Waals surface area contributed by atoms with Crippen LogP contribution in [0.2, 0.25) is 0 Å². The Morgan fingerprint density at radius 2 is 1.00 bits per heavy atom. The van der Waals surface area contributed by atoms with Crippen molar-refractivity contribution < 1.29 is 10.2 Å². The molecule has 0 fully saturated rings. The third-order valence-electron chi connectivity index (χ3n) is 5.22. The Labute approximate surface area is 191 Å². The molecule has 0 saturated carbocycles. The summed E-state index contributed by atoms with van der Waals surface area (Å²) in [6.45, 7) is 0. The van der Waals surface area contributed by atoms with Crippen molar-refractivity contribution in [2.24, 2.45) is 0 Å². The van der Waals surface area contributed by atoms with E-state index in [0.29, 0.717) is 11.1 Å². The van der Waals surface area contributed by atoms with Gasteiger partial charge in [-0.15, -0.1) is 0 Å². The second-order valence-electron chi connectivity index (χ2n) is 7.01. The average molecular weight is 524 g/mol. The van der Waals surface area contributed by atoms with E-state index in [1.54, 1.807) is 12.2 Å². The van der Waals surface area contributed by atoms with Crippen LogP contribution in [0.15, 0.2) is 107 Å². The molecule has 0 aromatic heterocycles. The lowest BCUT2D eigenvalue weighted by Crippen LogP contribution is -2.17. The van der Waals surface area contributed by atoms with Gasteiger partial charge >= 0.3 is 0 Å². The predicted molar refractivity (Wildman–Crippen MR) is 129 cm³/mol. The van der Waals surface area contributed by atoms with Crippen LogP contribution in [-0.4, -0.2) is 10.2 Å². The van der Waals surface area contributed by atoms with Crippen molar-refractivity contribution in [1.29, 1.82) is 0 Å². The van der Waals surface area contributed by atoms with E-state index in [-0.39, 0.29) is 11.5 Å². The van der Waals surface area contributed by atoms with Gasteiger partial charge in [0.15, 0.2) is 0 Å². The van der Waals surface area contributed by atoms with E-state index in [2.05, 4.69) is 32.3 Å². The lowest BCUT2D eigenvalue weighted by Gasteiger charge is -2.27. The number of hydrogen-bond acceptors (Lipinski definition) is 4. The molecule has 0 saturated heterocycles. The second-order valence-corrected chi connectivity index (χ2v) is 8.43. The van der Waals surface area contributed by atoms with Crippen LogP contribution in [0.25, 0.3) is 12.2 Å². The number of benzene rings is 2. The summed E-state index contributed by atoms with van der Waals surface area (Å²) >= 11 is 7.14. The number of hydrogen-bond donors (Lipinski definition) is 2. The van der Waals surface area contributed by atoms with Crippen molar-refractivity contribution in [2.45, 2.75) is 0 Å². The normalized spacial score (nSPS) is 20.1. The zero-order valence-electron chi connectivity index (χ0n) is 15.6. The zero-order chi connectivity index (χ0) is 20.8. The van der Waals surface area contributed by atoms with Crippen molar-refractivity contribution in [3.63, 3.8) is 0 Å². The lowest BCUT2D eigenvalue weighted by molar-refractivity contribution is 0.354. The zero-order valence-corrected chi connectivity index (χ0v) is 18.8. The number of fused-ring (bicyclic) bond motifs is 2. The molecule has 1 aliphatic carbocycles. The molecule has 0 radical (unpaired) electrons. The number of aliphatic hydroxyl groups excluding tert-OH is 2. The molecule has 3 aliphatic rings. The van der Waals surface area contributed by atoms with Crippen LogP contribution in [0, 0.1) is 0 Å². The Kier molecular flexibility index (Phi) is 4.68. The van der Waals surface area contributed by atoms with Gasteiger partial charge in [-0.3, -0.25) is 7.85 Å². The summed E-state index contributed by atoms with van der Waals surface area (Å²) in [5.41, 5.74) is 6.60. The second kappa shape index (κ2) is 7.38. The van der Waals surface area contributed by atoms with Gasteiger partial charge in [0.25, 0.3) is 0 Å². The Bertz CT molecular complexity index is 1140. The van der Waals surface area contributed by atoms with E-state index in [0.717, 1.165) is 33.9 Å². The van der Waals surface area contributed by atoms with Crippen molar-refractivity contribution in [2.75, 3.05) is 7.85 Å². The van der Waals surface area contributed by atoms with Crippen LogP contribution < -0.4 is 7.85 Å². The molecule has 2 heterocycles. The Balaban J connectivity index is 1.43. The van der Waals surface area contributed by atoms with Crippen LogP contribution in [-0.2, 0) is 0 Å². The molecule has 2 aromatic rings. The highest BCUT2D eigenvalue weighted by molar-refractivity contribution is 9.10. The first-order valence-corrected chi connectivity index (χ1v) is 10.7. The van der Waals surface area contributed by atoms with Crippen molar-refractivity contribution in [3.05, 3.63) is 118 Å². The minimum absolute atomic E-state index is 0.0637. The molecule has 2 aliphatic heterocycles. The molecule has 30 heavy (non-hydrogen) atoms. The summed E-state index contributed by atoms with van der Waals surface area (Å²) in [7, 11) is 0. The average Bonchev–Trinajstić information content (AvgIpc) is 2.78. The third kappa shape index (κ3) is 3.04. The molecule has 0 unspecified atom stereocenters. The molecule has 0 spiro atoms. The molecular formula is C24H16Br2N2O2. The lowest BCUT2D eigenvalue weighted by atomic mass is 9.91. The maximum atomic E-state index is 10.6. The number of nitrogens with zero attached hydrogens (tertiary/aromatic N) is 2. The van der Waals surface area contributed by atoms with E-state index in [4.69, 9.17) is 0 Å². The quantitative estimate of drug-likeness (QED) is 0.413. The molecule has 2 N–H and O–H groups in total. The molecular weight excluding hydrogens is 508 g/mol. The topological polar surface area (TPSA) is 46.9 Å². The van der Waals surface area contributed by atoms with Gasteiger partial charge in [0, 0.05) is 0 Å². The van der Waals surface area contributed by atoms with E-state index in [1.807, 2.05) is 80.7 Å². The fraction of sp³-hybridized carbons (Fsp3) is 0. The van der Waals surface area contributed by atoms with Gasteiger partial charge in [-0.05, 0) is 47.6 Å². The van der Waals surface area contributed by atoms with Gasteiger partial charge in [0.05, 0.1) is 66.2 Å². The Hall–Kier alpha value is -2.96. The monoisotopic (exact) mass is 522 g/mol. The van der Waals surface area contributed by atoms with E-state index >= 15 is 0 Å². The molecule has 0 bridgehead atoms. The summed E-state index contributed by atoms with van der Waals surface area (Å²) < 4.78 is 3.71. The third-order valence-corrected chi connectivity index (χ3v) is 6.81. The molecule has 2 aromatic carbocycles. The first-order chi connectivity index (χ1) is 14.5. The van der Waals surface area contributed by atoms with Gasteiger partial charge in [-0.1, -0.05) is 48.6 Å². The van der Waals surface area contributed by atoms with E-state index in [1.165, 1.54) is 0 Å². The number of aliphatic hydroxyl groups is 2. The molecule has 148 valence electrons. The van der Waals surface area contributed by atoms with Crippen LogP contribution in [0.5, 0.6) is 0 Å². The highest BCUT2D eigenvalue weighted by Gasteiger charge is 2.29. The number of anilines is 2. The van der Waals surface area contributed by atoms with Crippen molar-refractivity contribution in [3.8, 4) is 0 Å².